The van der Waals surface area contributed by atoms with Crippen LogP contribution in [0.5, 0.6) is 0 Å². The molecule has 0 radical (unpaired) electrons. The van der Waals surface area contributed by atoms with Gasteiger partial charge < -0.3 is 14.7 Å². The molecular formula is C21H26ClN5O3. The van der Waals surface area contributed by atoms with E-state index in [-0.39, 0.29) is 17.7 Å². The van der Waals surface area contributed by atoms with Crippen molar-refractivity contribution in [1.29, 1.82) is 0 Å². The van der Waals surface area contributed by atoms with Crippen molar-refractivity contribution in [3.8, 4) is 11.4 Å². The highest BCUT2D eigenvalue weighted by atomic mass is 35.5. The molecule has 0 spiro atoms. The molecular weight excluding hydrogens is 406 g/mol. The van der Waals surface area contributed by atoms with Gasteiger partial charge >= 0.3 is 0 Å². The summed E-state index contributed by atoms with van der Waals surface area (Å²) < 4.78 is 5.41. The number of aromatic nitrogens is 2. The van der Waals surface area contributed by atoms with E-state index in [4.69, 9.17) is 16.1 Å². The Hall–Kier alpha value is -2.45. The van der Waals surface area contributed by atoms with Crippen molar-refractivity contribution in [2.45, 2.75) is 32.2 Å². The summed E-state index contributed by atoms with van der Waals surface area (Å²) in [5.74, 6) is 1.24. The fourth-order valence-electron chi connectivity index (χ4n) is 4.04. The molecule has 2 saturated heterocycles. The van der Waals surface area contributed by atoms with E-state index in [1.807, 2.05) is 17.0 Å². The maximum Gasteiger partial charge on any atom is 0.241 e. The highest BCUT2D eigenvalue weighted by Gasteiger charge is 2.27. The number of nitrogens with zero attached hydrogens (tertiary/aromatic N) is 4. The van der Waals surface area contributed by atoms with Crippen LogP contribution >= 0.6 is 11.6 Å². The quantitative estimate of drug-likeness (QED) is 0.723. The van der Waals surface area contributed by atoms with Gasteiger partial charge in [-0.1, -0.05) is 16.8 Å². The molecule has 4 rings (SSSR count). The summed E-state index contributed by atoms with van der Waals surface area (Å²) in [5.41, 5.74) is 0.849. The topological polar surface area (TPSA) is 91.6 Å². The maximum atomic E-state index is 12.6. The normalized spacial score (nSPS) is 20.0. The van der Waals surface area contributed by atoms with Crippen LogP contribution in [0.2, 0.25) is 5.02 Å². The average Bonchev–Trinajstić information content (AvgIpc) is 3.38. The SMILES string of the molecule is O=C(NCCN1CCCC1=O)C1CCCN(Cc2nc(-c3ccc(Cl)cc3)no2)C1. The minimum Gasteiger partial charge on any atom is -0.354 e. The summed E-state index contributed by atoms with van der Waals surface area (Å²) in [4.78, 5) is 32.7. The lowest BCUT2D eigenvalue weighted by atomic mass is 9.97. The van der Waals surface area contributed by atoms with E-state index in [1.54, 1.807) is 12.1 Å². The van der Waals surface area contributed by atoms with Gasteiger partial charge in [0.05, 0.1) is 12.5 Å². The predicted molar refractivity (Wildman–Crippen MR) is 112 cm³/mol. The molecule has 2 fully saturated rings. The molecule has 0 bridgehead atoms. The Morgan fingerprint density at radius 1 is 1.23 bits per heavy atom. The van der Waals surface area contributed by atoms with Gasteiger partial charge in [0.2, 0.25) is 23.5 Å². The number of likely N-dealkylation sites (tertiary alicyclic amines) is 2. The van der Waals surface area contributed by atoms with Crippen LogP contribution < -0.4 is 5.32 Å². The van der Waals surface area contributed by atoms with Gasteiger partial charge in [-0.3, -0.25) is 14.5 Å². The number of rotatable bonds is 7. The Labute approximate surface area is 180 Å². The van der Waals surface area contributed by atoms with Gasteiger partial charge in [-0.25, -0.2) is 0 Å². The zero-order chi connectivity index (χ0) is 20.9. The second-order valence-electron chi connectivity index (χ2n) is 7.87. The van der Waals surface area contributed by atoms with Crippen LogP contribution in [0, 0.1) is 5.92 Å². The highest BCUT2D eigenvalue weighted by Crippen LogP contribution is 2.21. The Kier molecular flexibility index (Phi) is 6.64. The van der Waals surface area contributed by atoms with Crippen molar-refractivity contribution in [3.05, 3.63) is 35.2 Å². The van der Waals surface area contributed by atoms with Gasteiger partial charge in [0.25, 0.3) is 0 Å². The third kappa shape index (κ3) is 5.17. The highest BCUT2D eigenvalue weighted by molar-refractivity contribution is 6.30. The van der Waals surface area contributed by atoms with Crippen molar-refractivity contribution in [2.24, 2.45) is 5.92 Å². The van der Waals surface area contributed by atoms with E-state index >= 15 is 0 Å². The Morgan fingerprint density at radius 3 is 2.83 bits per heavy atom. The van der Waals surface area contributed by atoms with Gasteiger partial charge in [0.1, 0.15) is 0 Å². The number of benzene rings is 1. The van der Waals surface area contributed by atoms with Crippen molar-refractivity contribution in [1.82, 2.24) is 25.3 Å². The van der Waals surface area contributed by atoms with Gasteiger partial charge in [0, 0.05) is 43.2 Å². The van der Waals surface area contributed by atoms with Crippen LogP contribution in [-0.4, -0.2) is 64.5 Å². The molecule has 1 unspecified atom stereocenters. The molecule has 3 heterocycles. The third-order valence-electron chi connectivity index (χ3n) is 5.66. The number of carbonyl (C=O) groups excluding carboxylic acids is 2. The second kappa shape index (κ2) is 9.57. The van der Waals surface area contributed by atoms with E-state index in [0.29, 0.717) is 49.3 Å². The summed E-state index contributed by atoms with van der Waals surface area (Å²) in [6, 6.07) is 7.29. The standard InChI is InChI=1S/C21H26ClN5O3/c22-17-7-5-15(6-8-17)20-24-18(30-25-20)14-26-10-1-3-16(13-26)21(29)23-9-12-27-11-2-4-19(27)28/h5-8,16H,1-4,9-14H2,(H,23,29). The first-order chi connectivity index (χ1) is 14.6. The van der Waals surface area contributed by atoms with Crippen LogP contribution in [0.15, 0.2) is 28.8 Å². The van der Waals surface area contributed by atoms with Crippen LogP contribution in [0.1, 0.15) is 31.6 Å². The van der Waals surface area contributed by atoms with Crippen molar-refractivity contribution < 1.29 is 14.1 Å². The summed E-state index contributed by atoms with van der Waals surface area (Å²) >= 11 is 5.92. The lowest BCUT2D eigenvalue weighted by Gasteiger charge is -2.31. The molecule has 2 aliphatic rings. The number of carbonyl (C=O) groups is 2. The number of amides is 2. The number of piperidine rings is 1. The molecule has 160 valence electrons. The fourth-order valence-corrected chi connectivity index (χ4v) is 4.16. The molecule has 1 aromatic carbocycles. The molecule has 2 amide bonds. The van der Waals surface area contributed by atoms with Crippen molar-refractivity contribution >= 4 is 23.4 Å². The number of halogens is 1. The summed E-state index contributed by atoms with van der Waals surface area (Å²) in [5, 5.41) is 7.70. The zero-order valence-corrected chi connectivity index (χ0v) is 17.6. The molecule has 0 aliphatic carbocycles. The third-order valence-corrected chi connectivity index (χ3v) is 5.91. The molecule has 1 aromatic heterocycles. The van der Waals surface area contributed by atoms with E-state index in [2.05, 4.69) is 20.4 Å². The average molecular weight is 432 g/mol. The van der Waals surface area contributed by atoms with Gasteiger partial charge in [-0.2, -0.15) is 4.98 Å². The minimum atomic E-state index is -0.0633. The summed E-state index contributed by atoms with van der Waals surface area (Å²) in [6.45, 7) is 3.98. The first-order valence-electron chi connectivity index (χ1n) is 10.4. The Morgan fingerprint density at radius 2 is 2.07 bits per heavy atom. The largest absolute Gasteiger partial charge is 0.354 e. The molecule has 1 atom stereocenters. The van der Waals surface area contributed by atoms with Gasteiger partial charge in [-0.05, 0) is 50.1 Å². The Bertz CT molecular complexity index is 885. The molecule has 8 nitrogen and oxygen atoms in total. The predicted octanol–water partition coefficient (Wildman–Crippen LogP) is 2.34. The molecule has 0 saturated carbocycles. The second-order valence-corrected chi connectivity index (χ2v) is 8.30. The number of hydrogen-bond donors (Lipinski definition) is 1. The number of nitrogens with one attached hydrogen (secondary N) is 1. The molecule has 2 aromatic rings. The van der Waals surface area contributed by atoms with Crippen LogP contribution in [0.3, 0.4) is 0 Å². The lowest BCUT2D eigenvalue weighted by Crippen LogP contribution is -2.44. The molecule has 2 aliphatic heterocycles. The smallest absolute Gasteiger partial charge is 0.241 e. The van der Waals surface area contributed by atoms with Crippen LogP contribution in [-0.2, 0) is 16.1 Å². The minimum absolute atomic E-state index is 0.0544. The summed E-state index contributed by atoms with van der Waals surface area (Å²) in [6.07, 6.45) is 3.35. The first kappa shape index (κ1) is 20.8. The van der Waals surface area contributed by atoms with Crippen molar-refractivity contribution in [2.75, 3.05) is 32.7 Å². The first-order valence-corrected chi connectivity index (χ1v) is 10.8. The summed E-state index contributed by atoms with van der Waals surface area (Å²) in [7, 11) is 0. The number of hydrogen-bond acceptors (Lipinski definition) is 6. The zero-order valence-electron chi connectivity index (χ0n) is 16.8. The van der Waals surface area contributed by atoms with E-state index in [1.165, 1.54) is 0 Å². The maximum absolute atomic E-state index is 12.6. The van der Waals surface area contributed by atoms with E-state index in [9.17, 15) is 9.59 Å². The van der Waals surface area contributed by atoms with Crippen LogP contribution in [0.25, 0.3) is 11.4 Å². The molecule has 9 heteroatoms. The molecule has 30 heavy (non-hydrogen) atoms. The fraction of sp³-hybridized carbons (Fsp3) is 0.524. The lowest BCUT2D eigenvalue weighted by molar-refractivity contribution is -0.129. The molecule has 1 N–H and O–H groups in total. The van der Waals surface area contributed by atoms with E-state index < -0.39 is 0 Å². The van der Waals surface area contributed by atoms with Gasteiger partial charge in [0.15, 0.2) is 0 Å². The van der Waals surface area contributed by atoms with Crippen LogP contribution in [0.4, 0.5) is 0 Å². The van der Waals surface area contributed by atoms with E-state index in [0.717, 1.165) is 37.9 Å². The van der Waals surface area contributed by atoms with Gasteiger partial charge in [-0.15, -0.1) is 0 Å². The van der Waals surface area contributed by atoms with Crippen molar-refractivity contribution in [3.63, 3.8) is 0 Å². The Balaban J connectivity index is 1.26. The monoisotopic (exact) mass is 431 g/mol.